The van der Waals surface area contributed by atoms with Crippen LogP contribution in [0.15, 0.2) is 82.2 Å². The molecule has 0 radical (unpaired) electrons. The minimum absolute atomic E-state index is 0.135. The molecule has 1 heterocycles. The third-order valence-electron chi connectivity index (χ3n) is 4.89. The zero-order chi connectivity index (χ0) is 23.4. The van der Waals surface area contributed by atoms with Crippen molar-refractivity contribution in [2.45, 2.75) is 13.2 Å². The maximum Gasteiger partial charge on any atom is 0.293 e. The van der Waals surface area contributed by atoms with E-state index in [0.29, 0.717) is 23.5 Å². The van der Waals surface area contributed by atoms with Crippen LogP contribution in [0.5, 0.6) is 5.75 Å². The molecule has 2 amide bonds. The van der Waals surface area contributed by atoms with Crippen LogP contribution < -0.4 is 4.74 Å². The van der Waals surface area contributed by atoms with Gasteiger partial charge in [0.1, 0.15) is 12.4 Å². The highest BCUT2D eigenvalue weighted by Crippen LogP contribution is 2.36. The first-order valence-corrected chi connectivity index (χ1v) is 11.5. The number of nitrogens with zero attached hydrogens (tertiary/aromatic N) is 2. The maximum absolute atomic E-state index is 13.0. The Hall–Kier alpha value is -3.43. The van der Waals surface area contributed by atoms with Gasteiger partial charge >= 0.3 is 0 Å². The van der Waals surface area contributed by atoms with Crippen molar-refractivity contribution in [3.05, 3.63) is 109 Å². The van der Waals surface area contributed by atoms with Crippen LogP contribution in [0.4, 0.5) is 10.5 Å². The number of para-hydroxylation sites is 1. The second kappa shape index (κ2) is 10.0. The summed E-state index contributed by atoms with van der Waals surface area (Å²) in [6.45, 7) is 0.178. The second-order valence-electron chi connectivity index (χ2n) is 7.11. The van der Waals surface area contributed by atoms with Crippen LogP contribution in [0, 0.1) is 10.1 Å². The predicted octanol–water partition coefficient (Wildman–Crippen LogP) is 6.17. The van der Waals surface area contributed by atoms with E-state index in [1.165, 1.54) is 12.1 Å². The van der Waals surface area contributed by atoms with Gasteiger partial charge in [-0.25, -0.2) is 0 Å². The number of rotatable bonds is 7. The van der Waals surface area contributed by atoms with Crippen molar-refractivity contribution in [1.82, 2.24) is 4.90 Å². The highest BCUT2D eigenvalue weighted by Gasteiger charge is 2.36. The number of nitro benzene ring substituents is 1. The summed E-state index contributed by atoms with van der Waals surface area (Å²) in [7, 11) is 0. The number of ether oxygens (including phenoxy) is 1. The van der Waals surface area contributed by atoms with Crippen molar-refractivity contribution < 1.29 is 19.2 Å². The molecule has 1 aliphatic rings. The zero-order valence-electron chi connectivity index (χ0n) is 17.1. The highest BCUT2D eigenvalue weighted by molar-refractivity contribution is 9.10. The summed E-state index contributed by atoms with van der Waals surface area (Å²) in [6, 6.07) is 21.2. The van der Waals surface area contributed by atoms with Gasteiger partial charge < -0.3 is 4.74 Å². The minimum atomic E-state index is -0.526. The number of carbonyl (C=O) groups excluding carboxylic acids is 2. The molecule has 33 heavy (non-hydrogen) atoms. The van der Waals surface area contributed by atoms with Crippen LogP contribution in [0.2, 0.25) is 0 Å². The van der Waals surface area contributed by atoms with E-state index < -0.39 is 16.1 Å². The van der Waals surface area contributed by atoms with Gasteiger partial charge in [-0.1, -0.05) is 64.5 Å². The van der Waals surface area contributed by atoms with Crippen LogP contribution in [-0.2, 0) is 17.9 Å². The van der Waals surface area contributed by atoms with Gasteiger partial charge in [-0.05, 0) is 41.6 Å². The SMILES string of the molecule is O=C1SC(=Cc2cc(Br)ccc2OCc2ccccc2)C(=O)N1Cc1ccccc1[N+](=O)[O-]. The van der Waals surface area contributed by atoms with E-state index in [2.05, 4.69) is 15.9 Å². The molecular formula is C24H17BrN2O5S. The molecule has 1 aliphatic heterocycles. The van der Waals surface area contributed by atoms with Gasteiger partial charge in [-0.15, -0.1) is 0 Å². The average Bonchev–Trinajstić information content (AvgIpc) is 3.07. The summed E-state index contributed by atoms with van der Waals surface area (Å²) in [4.78, 5) is 37.5. The van der Waals surface area contributed by atoms with Crippen molar-refractivity contribution in [3.63, 3.8) is 0 Å². The Morgan fingerprint density at radius 3 is 2.52 bits per heavy atom. The monoisotopic (exact) mass is 524 g/mol. The molecule has 9 heteroatoms. The summed E-state index contributed by atoms with van der Waals surface area (Å²) in [5, 5.41) is 10.8. The van der Waals surface area contributed by atoms with Crippen LogP contribution in [0.25, 0.3) is 6.08 Å². The molecule has 1 fully saturated rings. The number of hydrogen-bond acceptors (Lipinski definition) is 6. The number of benzene rings is 3. The van der Waals surface area contributed by atoms with Crippen molar-refractivity contribution in [2.24, 2.45) is 0 Å². The molecule has 3 aromatic rings. The van der Waals surface area contributed by atoms with Gasteiger partial charge in [0.25, 0.3) is 16.8 Å². The number of amides is 2. The summed E-state index contributed by atoms with van der Waals surface area (Å²) in [5.41, 5.74) is 1.79. The van der Waals surface area contributed by atoms with Gasteiger partial charge in [0.15, 0.2) is 0 Å². The molecule has 0 aliphatic carbocycles. The largest absolute Gasteiger partial charge is 0.488 e. The Morgan fingerprint density at radius 1 is 1.03 bits per heavy atom. The fraction of sp³-hybridized carbons (Fsp3) is 0.0833. The van der Waals surface area contributed by atoms with Crippen LogP contribution in [0.1, 0.15) is 16.7 Å². The van der Waals surface area contributed by atoms with Gasteiger partial charge in [0.05, 0.1) is 16.4 Å². The van der Waals surface area contributed by atoms with E-state index in [9.17, 15) is 19.7 Å². The standard InChI is InChI=1S/C24H17BrN2O5S/c25-19-10-11-21(32-15-16-6-2-1-3-7-16)18(12-19)13-22-23(28)26(24(29)33-22)14-17-8-4-5-9-20(17)27(30)31/h1-13H,14-15H2. The minimum Gasteiger partial charge on any atom is -0.488 e. The van der Waals surface area contributed by atoms with Crippen molar-refractivity contribution in [3.8, 4) is 5.75 Å². The molecular weight excluding hydrogens is 508 g/mol. The lowest BCUT2D eigenvalue weighted by Crippen LogP contribution is -2.27. The smallest absolute Gasteiger partial charge is 0.293 e. The normalized spacial score (nSPS) is 14.7. The van der Waals surface area contributed by atoms with E-state index in [1.807, 2.05) is 36.4 Å². The molecule has 3 aromatic carbocycles. The third-order valence-corrected chi connectivity index (χ3v) is 6.29. The van der Waals surface area contributed by atoms with Crippen molar-refractivity contribution in [1.29, 1.82) is 0 Å². The lowest BCUT2D eigenvalue weighted by Gasteiger charge is -2.13. The van der Waals surface area contributed by atoms with E-state index in [0.717, 1.165) is 26.7 Å². The molecule has 1 saturated heterocycles. The fourth-order valence-electron chi connectivity index (χ4n) is 3.27. The third kappa shape index (κ3) is 5.32. The lowest BCUT2D eigenvalue weighted by atomic mass is 10.1. The molecule has 0 spiro atoms. The molecule has 166 valence electrons. The summed E-state index contributed by atoms with van der Waals surface area (Å²) >= 11 is 4.23. The molecule has 7 nitrogen and oxygen atoms in total. The van der Waals surface area contributed by atoms with E-state index in [4.69, 9.17) is 4.74 Å². The van der Waals surface area contributed by atoms with E-state index in [1.54, 1.807) is 30.3 Å². The molecule has 0 N–H and O–H groups in total. The Labute approximate surface area is 202 Å². The van der Waals surface area contributed by atoms with Crippen LogP contribution >= 0.6 is 27.7 Å². The fourth-order valence-corrected chi connectivity index (χ4v) is 4.48. The van der Waals surface area contributed by atoms with Crippen molar-refractivity contribution in [2.75, 3.05) is 0 Å². The lowest BCUT2D eigenvalue weighted by molar-refractivity contribution is -0.385. The molecule has 0 bridgehead atoms. The Balaban J connectivity index is 1.57. The molecule has 4 rings (SSSR count). The topological polar surface area (TPSA) is 89.8 Å². The van der Waals surface area contributed by atoms with Gasteiger partial charge in [-0.3, -0.25) is 24.6 Å². The summed E-state index contributed by atoms with van der Waals surface area (Å²) < 4.78 is 6.75. The Bertz CT molecular complexity index is 1260. The molecule has 0 unspecified atom stereocenters. The number of carbonyl (C=O) groups is 2. The summed E-state index contributed by atoms with van der Waals surface area (Å²) in [5.74, 6) is 0.0599. The number of nitro groups is 1. The first kappa shape index (κ1) is 22.8. The van der Waals surface area contributed by atoms with Gasteiger partial charge in [0, 0.05) is 21.7 Å². The van der Waals surface area contributed by atoms with Crippen LogP contribution in [-0.4, -0.2) is 21.0 Å². The average molecular weight is 525 g/mol. The number of imide groups is 1. The Kier molecular flexibility index (Phi) is 6.90. The zero-order valence-corrected chi connectivity index (χ0v) is 19.5. The first-order valence-electron chi connectivity index (χ1n) is 9.86. The Morgan fingerprint density at radius 2 is 1.76 bits per heavy atom. The maximum atomic E-state index is 13.0. The van der Waals surface area contributed by atoms with Crippen LogP contribution in [0.3, 0.4) is 0 Å². The molecule has 0 atom stereocenters. The van der Waals surface area contributed by atoms with Gasteiger partial charge in [0.2, 0.25) is 0 Å². The number of halogens is 1. The first-order chi connectivity index (χ1) is 15.9. The predicted molar refractivity (Wildman–Crippen MR) is 130 cm³/mol. The second-order valence-corrected chi connectivity index (χ2v) is 9.02. The molecule has 0 saturated carbocycles. The van der Waals surface area contributed by atoms with Gasteiger partial charge in [-0.2, -0.15) is 0 Å². The van der Waals surface area contributed by atoms with Crippen molar-refractivity contribution >= 4 is 50.6 Å². The highest BCUT2D eigenvalue weighted by atomic mass is 79.9. The quantitative estimate of drug-likeness (QED) is 0.208. The van der Waals surface area contributed by atoms with E-state index >= 15 is 0 Å². The number of thioether (sulfide) groups is 1. The molecule has 0 aromatic heterocycles. The summed E-state index contributed by atoms with van der Waals surface area (Å²) in [6.07, 6.45) is 1.61. The van der Waals surface area contributed by atoms with E-state index in [-0.39, 0.29) is 17.1 Å². The number of hydrogen-bond donors (Lipinski definition) is 0.